The molecule has 82 valence electrons. The lowest BCUT2D eigenvalue weighted by Crippen LogP contribution is -2.23. The van der Waals surface area contributed by atoms with Crippen LogP contribution in [0, 0.1) is 6.92 Å². The summed E-state index contributed by atoms with van der Waals surface area (Å²) in [5.41, 5.74) is 4.22. The van der Waals surface area contributed by atoms with Crippen molar-refractivity contribution < 1.29 is 14.4 Å². The van der Waals surface area contributed by atoms with E-state index in [1.54, 1.807) is 7.11 Å². The summed E-state index contributed by atoms with van der Waals surface area (Å²) in [6.07, 6.45) is 0.249. The SMILES string of the molecule is CONC(=O)Cc1cc(C)ccc1OC. The van der Waals surface area contributed by atoms with Crippen LogP contribution in [-0.4, -0.2) is 20.1 Å². The Morgan fingerprint density at radius 1 is 1.40 bits per heavy atom. The number of aryl methyl sites for hydroxylation is 1. The van der Waals surface area contributed by atoms with Gasteiger partial charge >= 0.3 is 0 Å². The number of hydrogen-bond acceptors (Lipinski definition) is 3. The molecule has 4 nitrogen and oxygen atoms in total. The number of carbonyl (C=O) groups is 1. The summed E-state index contributed by atoms with van der Waals surface area (Å²) < 4.78 is 5.16. The first-order chi connectivity index (χ1) is 7.17. The van der Waals surface area contributed by atoms with Gasteiger partial charge in [-0.25, -0.2) is 5.48 Å². The lowest BCUT2D eigenvalue weighted by atomic mass is 10.1. The Morgan fingerprint density at radius 2 is 2.13 bits per heavy atom. The molecule has 0 bridgehead atoms. The number of carbonyl (C=O) groups excluding carboxylic acids is 1. The van der Waals surface area contributed by atoms with E-state index in [9.17, 15) is 4.79 Å². The van der Waals surface area contributed by atoms with Crippen molar-refractivity contribution in [1.29, 1.82) is 0 Å². The van der Waals surface area contributed by atoms with Crippen molar-refractivity contribution in [3.63, 3.8) is 0 Å². The van der Waals surface area contributed by atoms with E-state index in [1.807, 2.05) is 25.1 Å². The molecule has 0 fully saturated rings. The van der Waals surface area contributed by atoms with Crippen LogP contribution in [0.15, 0.2) is 18.2 Å². The van der Waals surface area contributed by atoms with Gasteiger partial charge in [0.25, 0.3) is 0 Å². The molecule has 0 radical (unpaired) electrons. The third-order valence-electron chi connectivity index (χ3n) is 2.00. The van der Waals surface area contributed by atoms with Gasteiger partial charge in [-0.05, 0) is 13.0 Å². The first-order valence-corrected chi connectivity index (χ1v) is 4.62. The topological polar surface area (TPSA) is 47.6 Å². The van der Waals surface area contributed by atoms with Gasteiger partial charge in [-0.3, -0.25) is 9.63 Å². The Labute approximate surface area is 89.1 Å². The van der Waals surface area contributed by atoms with Gasteiger partial charge in [-0.15, -0.1) is 0 Å². The average molecular weight is 209 g/mol. The smallest absolute Gasteiger partial charge is 0.248 e. The molecular formula is C11H15NO3. The molecule has 0 aliphatic rings. The van der Waals surface area contributed by atoms with Crippen LogP contribution in [0.3, 0.4) is 0 Å². The van der Waals surface area contributed by atoms with Crippen LogP contribution in [0.1, 0.15) is 11.1 Å². The molecule has 1 aromatic rings. The van der Waals surface area contributed by atoms with E-state index in [4.69, 9.17) is 4.74 Å². The minimum atomic E-state index is -0.193. The van der Waals surface area contributed by atoms with Gasteiger partial charge in [-0.2, -0.15) is 0 Å². The maximum atomic E-state index is 11.3. The molecule has 0 aliphatic heterocycles. The standard InChI is InChI=1S/C11H15NO3/c1-8-4-5-10(14-2)9(6-8)7-11(13)12-15-3/h4-6H,7H2,1-3H3,(H,12,13). The van der Waals surface area contributed by atoms with Crippen LogP contribution in [0.25, 0.3) is 0 Å². The van der Waals surface area contributed by atoms with Crippen LogP contribution in [0.4, 0.5) is 0 Å². The first-order valence-electron chi connectivity index (χ1n) is 4.62. The van der Waals surface area contributed by atoms with E-state index >= 15 is 0 Å². The second-order valence-corrected chi connectivity index (χ2v) is 3.22. The Hall–Kier alpha value is -1.55. The van der Waals surface area contributed by atoms with Crippen molar-refractivity contribution >= 4 is 5.91 Å². The van der Waals surface area contributed by atoms with E-state index in [2.05, 4.69) is 10.3 Å². The quantitative estimate of drug-likeness (QED) is 0.758. The number of methoxy groups -OCH3 is 1. The van der Waals surface area contributed by atoms with Gasteiger partial charge in [0.15, 0.2) is 0 Å². The Bertz CT molecular complexity index is 350. The average Bonchev–Trinajstić information content (AvgIpc) is 2.18. The molecule has 1 N–H and O–H groups in total. The molecule has 1 aromatic carbocycles. The fourth-order valence-corrected chi connectivity index (χ4v) is 1.37. The van der Waals surface area contributed by atoms with Crippen LogP contribution in [-0.2, 0) is 16.1 Å². The minimum Gasteiger partial charge on any atom is -0.496 e. The van der Waals surface area contributed by atoms with E-state index in [0.29, 0.717) is 5.75 Å². The van der Waals surface area contributed by atoms with Crippen molar-refractivity contribution in [3.05, 3.63) is 29.3 Å². The van der Waals surface area contributed by atoms with Crippen molar-refractivity contribution in [3.8, 4) is 5.75 Å². The third-order valence-corrected chi connectivity index (χ3v) is 2.00. The summed E-state index contributed by atoms with van der Waals surface area (Å²) in [5.74, 6) is 0.522. The third kappa shape index (κ3) is 3.25. The molecule has 0 aromatic heterocycles. The molecule has 1 amide bonds. The number of amides is 1. The molecule has 0 unspecified atom stereocenters. The Kier molecular flexibility index (Phi) is 4.12. The normalized spacial score (nSPS) is 9.80. The van der Waals surface area contributed by atoms with Crippen molar-refractivity contribution in [1.82, 2.24) is 5.48 Å². The fraction of sp³-hybridized carbons (Fsp3) is 0.364. The summed E-state index contributed by atoms with van der Waals surface area (Å²) in [7, 11) is 2.99. The summed E-state index contributed by atoms with van der Waals surface area (Å²) in [6.45, 7) is 1.97. The zero-order valence-corrected chi connectivity index (χ0v) is 9.16. The molecule has 0 heterocycles. The number of benzene rings is 1. The van der Waals surface area contributed by atoms with Gasteiger partial charge in [-0.1, -0.05) is 17.7 Å². The molecule has 0 saturated carbocycles. The van der Waals surface area contributed by atoms with E-state index in [1.165, 1.54) is 7.11 Å². The number of hydroxylamine groups is 1. The second-order valence-electron chi connectivity index (χ2n) is 3.22. The highest BCUT2D eigenvalue weighted by molar-refractivity contribution is 5.78. The van der Waals surface area contributed by atoms with Crippen molar-refractivity contribution in [2.24, 2.45) is 0 Å². The van der Waals surface area contributed by atoms with E-state index in [0.717, 1.165) is 11.1 Å². The monoisotopic (exact) mass is 209 g/mol. The van der Waals surface area contributed by atoms with E-state index in [-0.39, 0.29) is 12.3 Å². The van der Waals surface area contributed by atoms with Gasteiger partial charge in [0.2, 0.25) is 5.91 Å². The second kappa shape index (κ2) is 5.36. The van der Waals surface area contributed by atoms with Crippen LogP contribution in [0.2, 0.25) is 0 Å². The Balaban J connectivity index is 2.82. The predicted molar refractivity (Wildman–Crippen MR) is 56.6 cm³/mol. The maximum Gasteiger partial charge on any atom is 0.248 e. The molecule has 1 rings (SSSR count). The summed E-state index contributed by atoms with van der Waals surface area (Å²) >= 11 is 0. The molecule has 15 heavy (non-hydrogen) atoms. The molecule has 0 spiro atoms. The molecule has 4 heteroatoms. The van der Waals surface area contributed by atoms with Crippen molar-refractivity contribution in [2.75, 3.05) is 14.2 Å². The summed E-state index contributed by atoms with van der Waals surface area (Å²) in [5, 5.41) is 0. The highest BCUT2D eigenvalue weighted by Gasteiger charge is 2.08. The summed E-state index contributed by atoms with van der Waals surface area (Å²) in [6, 6.07) is 5.72. The zero-order chi connectivity index (χ0) is 11.3. The summed E-state index contributed by atoms with van der Waals surface area (Å²) in [4.78, 5) is 15.8. The first kappa shape index (κ1) is 11.5. The van der Waals surface area contributed by atoms with Gasteiger partial charge < -0.3 is 4.74 Å². The maximum absolute atomic E-state index is 11.3. The minimum absolute atomic E-state index is 0.193. The highest BCUT2D eigenvalue weighted by atomic mass is 16.6. The highest BCUT2D eigenvalue weighted by Crippen LogP contribution is 2.19. The molecule has 0 atom stereocenters. The molecular weight excluding hydrogens is 194 g/mol. The fourth-order valence-electron chi connectivity index (χ4n) is 1.37. The molecule has 0 saturated heterocycles. The number of nitrogens with one attached hydrogen (secondary N) is 1. The number of hydrogen-bond donors (Lipinski definition) is 1. The Morgan fingerprint density at radius 3 is 2.73 bits per heavy atom. The van der Waals surface area contributed by atoms with Gasteiger partial charge in [0.1, 0.15) is 5.75 Å². The zero-order valence-electron chi connectivity index (χ0n) is 9.16. The van der Waals surface area contributed by atoms with Gasteiger partial charge in [0.05, 0.1) is 20.6 Å². The van der Waals surface area contributed by atoms with E-state index < -0.39 is 0 Å². The number of rotatable bonds is 4. The largest absolute Gasteiger partial charge is 0.496 e. The van der Waals surface area contributed by atoms with Gasteiger partial charge in [0, 0.05) is 5.56 Å². The molecule has 0 aliphatic carbocycles. The van der Waals surface area contributed by atoms with Crippen LogP contribution < -0.4 is 10.2 Å². The van der Waals surface area contributed by atoms with Crippen LogP contribution in [0.5, 0.6) is 5.75 Å². The lowest BCUT2D eigenvalue weighted by molar-refractivity contribution is -0.130. The lowest BCUT2D eigenvalue weighted by Gasteiger charge is -2.08. The van der Waals surface area contributed by atoms with Crippen LogP contribution >= 0.6 is 0 Å². The van der Waals surface area contributed by atoms with Crippen molar-refractivity contribution in [2.45, 2.75) is 13.3 Å². The number of ether oxygens (including phenoxy) is 1. The predicted octanol–water partition coefficient (Wildman–Crippen LogP) is 1.22.